The van der Waals surface area contributed by atoms with Gasteiger partial charge in [-0.3, -0.25) is 4.79 Å². The predicted molar refractivity (Wildman–Crippen MR) is 58.1 cm³/mol. The highest BCUT2D eigenvalue weighted by molar-refractivity contribution is 14.1. The first-order valence-electron chi connectivity index (χ1n) is 3.74. The maximum Gasteiger partial charge on any atom is 0.327 e. The zero-order valence-electron chi connectivity index (χ0n) is 7.16. The number of methoxy groups -OCH3 is 1. The summed E-state index contributed by atoms with van der Waals surface area (Å²) in [5, 5.41) is 0. The molecular weight excluding hydrogens is 281 g/mol. The molecule has 4 heteroatoms. The van der Waals surface area contributed by atoms with Gasteiger partial charge in [0.1, 0.15) is 6.04 Å². The highest BCUT2D eigenvalue weighted by Gasteiger charge is 2.15. The molecular formula is C9H10INO2. The average Bonchev–Trinajstić information content (AvgIpc) is 2.15. The van der Waals surface area contributed by atoms with Gasteiger partial charge < -0.3 is 10.5 Å². The standard InChI is InChI=1S/C9H10INO2/c1-13-9(12)8(11)6-3-2-4-7(10)5-6/h2-5,8H,11H2,1H3/t8-/m1/s1. The van der Waals surface area contributed by atoms with Crippen molar-refractivity contribution >= 4 is 28.6 Å². The molecule has 0 saturated carbocycles. The second-order valence-electron chi connectivity index (χ2n) is 2.56. The fourth-order valence-corrected chi connectivity index (χ4v) is 1.53. The summed E-state index contributed by atoms with van der Waals surface area (Å²) in [4.78, 5) is 11.1. The smallest absolute Gasteiger partial charge is 0.327 e. The van der Waals surface area contributed by atoms with E-state index in [0.29, 0.717) is 0 Å². The van der Waals surface area contributed by atoms with Gasteiger partial charge in [0.05, 0.1) is 7.11 Å². The third-order valence-electron chi connectivity index (χ3n) is 1.66. The first kappa shape index (κ1) is 10.5. The second-order valence-corrected chi connectivity index (χ2v) is 3.80. The number of ether oxygens (including phenoxy) is 1. The number of carbonyl (C=O) groups is 1. The number of halogens is 1. The number of benzene rings is 1. The minimum Gasteiger partial charge on any atom is -0.468 e. The van der Waals surface area contributed by atoms with Gasteiger partial charge in [0.15, 0.2) is 0 Å². The van der Waals surface area contributed by atoms with Crippen LogP contribution < -0.4 is 5.73 Å². The lowest BCUT2D eigenvalue weighted by molar-refractivity contribution is -0.142. The van der Waals surface area contributed by atoms with Crippen LogP contribution in [0.4, 0.5) is 0 Å². The molecule has 0 unspecified atom stereocenters. The summed E-state index contributed by atoms with van der Waals surface area (Å²) in [6, 6.07) is 6.79. The highest BCUT2D eigenvalue weighted by Crippen LogP contribution is 2.14. The fourth-order valence-electron chi connectivity index (χ4n) is 0.963. The van der Waals surface area contributed by atoms with Crippen molar-refractivity contribution in [1.29, 1.82) is 0 Å². The van der Waals surface area contributed by atoms with E-state index < -0.39 is 12.0 Å². The molecule has 0 aromatic heterocycles. The van der Waals surface area contributed by atoms with Gasteiger partial charge in [0.2, 0.25) is 0 Å². The van der Waals surface area contributed by atoms with Gasteiger partial charge in [-0.25, -0.2) is 0 Å². The van der Waals surface area contributed by atoms with Crippen molar-refractivity contribution in [1.82, 2.24) is 0 Å². The third kappa shape index (κ3) is 2.67. The van der Waals surface area contributed by atoms with Crippen LogP contribution in [0.5, 0.6) is 0 Å². The largest absolute Gasteiger partial charge is 0.468 e. The predicted octanol–water partition coefficient (Wildman–Crippen LogP) is 1.46. The minimum atomic E-state index is -0.681. The van der Waals surface area contributed by atoms with Gasteiger partial charge in [-0.15, -0.1) is 0 Å². The summed E-state index contributed by atoms with van der Waals surface area (Å²) in [7, 11) is 1.33. The van der Waals surface area contributed by atoms with E-state index in [0.717, 1.165) is 9.13 Å². The molecule has 0 radical (unpaired) electrons. The first-order chi connectivity index (χ1) is 6.15. The summed E-state index contributed by atoms with van der Waals surface area (Å²) < 4.78 is 5.59. The number of nitrogens with two attached hydrogens (primary N) is 1. The Morgan fingerprint density at radius 2 is 2.31 bits per heavy atom. The molecule has 0 bridgehead atoms. The van der Waals surface area contributed by atoms with Crippen LogP contribution in [-0.2, 0) is 9.53 Å². The van der Waals surface area contributed by atoms with E-state index in [1.807, 2.05) is 24.3 Å². The Labute approximate surface area is 90.4 Å². The Bertz CT molecular complexity index is 314. The zero-order chi connectivity index (χ0) is 9.84. The van der Waals surface area contributed by atoms with E-state index in [4.69, 9.17) is 5.73 Å². The molecule has 0 amide bonds. The number of carbonyl (C=O) groups excluding carboxylic acids is 1. The summed E-state index contributed by atoms with van der Waals surface area (Å²) >= 11 is 2.17. The van der Waals surface area contributed by atoms with Crippen molar-refractivity contribution in [2.45, 2.75) is 6.04 Å². The van der Waals surface area contributed by atoms with Crippen molar-refractivity contribution in [3.8, 4) is 0 Å². The van der Waals surface area contributed by atoms with Crippen LogP contribution in [0.1, 0.15) is 11.6 Å². The summed E-state index contributed by atoms with van der Waals surface area (Å²) in [5.41, 5.74) is 6.42. The monoisotopic (exact) mass is 291 g/mol. The van der Waals surface area contributed by atoms with Crippen LogP contribution in [-0.4, -0.2) is 13.1 Å². The van der Waals surface area contributed by atoms with Crippen LogP contribution in [0.15, 0.2) is 24.3 Å². The molecule has 0 spiro atoms. The lowest BCUT2D eigenvalue weighted by Crippen LogP contribution is -2.22. The number of rotatable bonds is 2. The molecule has 1 aromatic rings. The Hall–Kier alpha value is -0.620. The Kier molecular flexibility index (Phi) is 3.68. The summed E-state index contributed by atoms with van der Waals surface area (Å²) in [6.45, 7) is 0. The molecule has 0 heterocycles. The molecule has 0 aliphatic carbocycles. The number of hydrogen-bond donors (Lipinski definition) is 1. The van der Waals surface area contributed by atoms with Crippen LogP contribution in [0, 0.1) is 3.57 Å². The summed E-state index contributed by atoms with van der Waals surface area (Å²) in [6.07, 6.45) is 0. The van der Waals surface area contributed by atoms with E-state index in [9.17, 15) is 4.79 Å². The van der Waals surface area contributed by atoms with Gasteiger partial charge >= 0.3 is 5.97 Å². The van der Waals surface area contributed by atoms with Crippen molar-refractivity contribution in [2.24, 2.45) is 5.73 Å². The molecule has 2 N–H and O–H groups in total. The van der Waals surface area contributed by atoms with Crippen LogP contribution >= 0.6 is 22.6 Å². The molecule has 1 atom stereocenters. The molecule has 13 heavy (non-hydrogen) atoms. The molecule has 1 aromatic carbocycles. The van der Waals surface area contributed by atoms with Crippen molar-refractivity contribution in [3.05, 3.63) is 33.4 Å². The Morgan fingerprint density at radius 1 is 1.62 bits per heavy atom. The summed E-state index contributed by atoms with van der Waals surface area (Å²) in [5.74, 6) is -0.415. The van der Waals surface area contributed by atoms with E-state index in [-0.39, 0.29) is 0 Å². The van der Waals surface area contributed by atoms with Crippen molar-refractivity contribution in [3.63, 3.8) is 0 Å². The minimum absolute atomic E-state index is 0.415. The fraction of sp³-hybridized carbons (Fsp3) is 0.222. The van der Waals surface area contributed by atoms with Crippen LogP contribution in [0.3, 0.4) is 0 Å². The Balaban J connectivity index is 2.88. The zero-order valence-corrected chi connectivity index (χ0v) is 9.32. The maximum atomic E-state index is 11.1. The van der Waals surface area contributed by atoms with Gasteiger partial charge in [0.25, 0.3) is 0 Å². The maximum absolute atomic E-state index is 11.1. The number of esters is 1. The van der Waals surface area contributed by atoms with Crippen LogP contribution in [0.2, 0.25) is 0 Å². The quantitative estimate of drug-likeness (QED) is 0.663. The lowest BCUT2D eigenvalue weighted by atomic mass is 10.1. The van der Waals surface area contributed by atoms with E-state index >= 15 is 0 Å². The molecule has 0 aliphatic rings. The molecule has 1 rings (SSSR count). The second kappa shape index (κ2) is 4.57. The van der Waals surface area contributed by atoms with E-state index in [2.05, 4.69) is 27.3 Å². The molecule has 0 fully saturated rings. The van der Waals surface area contributed by atoms with E-state index in [1.165, 1.54) is 7.11 Å². The van der Waals surface area contributed by atoms with Gasteiger partial charge in [-0.1, -0.05) is 12.1 Å². The first-order valence-corrected chi connectivity index (χ1v) is 4.82. The SMILES string of the molecule is COC(=O)[C@H](N)c1cccc(I)c1. The molecule has 70 valence electrons. The van der Waals surface area contributed by atoms with E-state index in [1.54, 1.807) is 0 Å². The Morgan fingerprint density at radius 3 is 2.85 bits per heavy atom. The molecule has 0 aliphatic heterocycles. The number of hydrogen-bond acceptors (Lipinski definition) is 3. The molecule has 0 saturated heterocycles. The highest BCUT2D eigenvalue weighted by atomic mass is 127. The third-order valence-corrected chi connectivity index (χ3v) is 2.33. The van der Waals surface area contributed by atoms with Gasteiger partial charge in [-0.2, -0.15) is 0 Å². The van der Waals surface area contributed by atoms with Crippen molar-refractivity contribution in [2.75, 3.05) is 7.11 Å². The van der Waals surface area contributed by atoms with Gasteiger partial charge in [0, 0.05) is 3.57 Å². The van der Waals surface area contributed by atoms with Gasteiger partial charge in [-0.05, 0) is 40.3 Å². The van der Waals surface area contributed by atoms with Crippen LogP contribution in [0.25, 0.3) is 0 Å². The molecule has 3 nitrogen and oxygen atoms in total. The lowest BCUT2D eigenvalue weighted by Gasteiger charge is -2.09. The average molecular weight is 291 g/mol. The van der Waals surface area contributed by atoms with Crippen molar-refractivity contribution < 1.29 is 9.53 Å². The topological polar surface area (TPSA) is 52.3 Å². The normalized spacial score (nSPS) is 12.2.